The van der Waals surface area contributed by atoms with Crippen LogP contribution >= 0.6 is 0 Å². The van der Waals surface area contributed by atoms with Gasteiger partial charge in [-0.2, -0.15) is 0 Å². The van der Waals surface area contributed by atoms with E-state index >= 15 is 0 Å². The van der Waals surface area contributed by atoms with Crippen molar-refractivity contribution in [3.8, 4) is 0 Å². The Bertz CT molecular complexity index is 439. The SMILES string of the molecule is Cc1cccc2c1NC(=O)C(C(=O)O)C2. The average Bonchev–Trinajstić information content (AvgIpc) is 2.18. The number of nitrogens with one attached hydrogen (secondary N) is 1. The molecule has 1 heterocycles. The third kappa shape index (κ3) is 1.58. The summed E-state index contributed by atoms with van der Waals surface area (Å²) in [6.07, 6.45) is 0.276. The van der Waals surface area contributed by atoms with Crippen LogP contribution in [0.3, 0.4) is 0 Å². The summed E-state index contributed by atoms with van der Waals surface area (Å²) in [5, 5.41) is 11.5. The first-order chi connectivity index (χ1) is 7.09. The van der Waals surface area contributed by atoms with Gasteiger partial charge in [0.15, 0.2) is 0 Å². The Morgan fingerprint density at radius 3 is 2.93 bits per heavy atom. The lowest BCUT2D eigenvalue weighted by molar-refractivity contribution is -0.145. The average molecular weight is 205 g/mol. The van der Waals surface area contributed by atoms with Gasteiger partial charge in [-0.3, -0.25) is 9.59 Å². The molecular weight excluding hydrogens is 194 g/mol. The standard InChI is InChI=1S/C11H11NO3/c1-6-3-2-4-7-5-8(11(14)15)10(13)12-9(6)7/h2-4,8H,5H2,1H3,(H,12,13)(H,14,15). The molecular formula is C11H11NO3. The molecule has 1 atom stereocenters. The first kappa shape index (κ1) is 9.71. The Labute approximate surface area is 86.9 Å². The maximum Gasteiger partial charge on any atom is 0.316 e. The van der Waals surface area contributed by atoms with Crippen LogP contribution in [0.5, 0.6) is 0 Å². The first-order valence-corrected chi connectivity index (χ1v) is 4.72. The summed E-state index contributed by atoms with van der Waals surface area (Å²) in [7, 11) is 0. The molecule has 0 aromatic heterocycles. The van der Waals surface area contributed by atoms with E-state index in [9.17, 15) is 9.59 Å². The molecule has 0 spiro atoms. The van der Waals surface area contributed by atoms with Crippen molar-refractivity contribution in [2.45, 2.75) is 13.3 Å². The number of carboxylic acid groups (broad SMARTS) is 1. The smallest absolute Gasteiger partial charge is 0.316 e. The van der Waals surface area contributed by atoms with Crippen molar-refractivity contribution in [1.82, 2.24) is 0 Å². The molecule has 78 valence electrons. The van der Waals surface area contributed by atoms with Crippen LogP contribution in [-0.4, -0.2) is 17.0 Å². The zero-order valence-corrected chi connectivity index (χ0v) is 8.28. The zero-order valence-electron chi connectivity index (χ0n) is 8.28. The number of hydrogen-bond donors (Lipinski definition) is 2. The van der Waals surface area contributed by atoms with E-state index in [4.69, 9.17) is 5.11 Å². The minimum atomic E-state index is -1.07. The number of benzene rings is 1. The summed E-state index contributed by atoms with van der Waals surface area (Å²) in [5.41, 5.74) is 2.62. The summed E-state index contributed by atoms with van der Waals surface area (Å²) < 4.78 is 0. The lowest BCUT2D eigenvalue weighted by Gasteiger charge is -2.23. The molecule has 1 aromatic carbocycles. The fraction of sp³-hybridized carbons (Fsp3) is 0.273. The number of fused-ring (bicyclic) bond motifs is 1. The van der Waals surface area contributed by atoms with Gasteiger partial charge in [-0.05, 0) is 24.5 Å². The molecule has 1 aliphatic rings. The predicted octanol–water partition coefficient (Wildman–Crippen LogP) is 1.19. The summed E-state index contributed by atoms with van der Waals surface area (Å²) in [4.78, 5) is 22.3. The van der Waals surface area contributed by atoms with Crippen LogP contribution in [0, 0.1) is 12.8 Å². The second-order valence-corrected chi connectivity index (χ2v) is 3.69. The molecule has 1 unspecified atom stereocenters. The van der Waals surface area contributed by atoms with Gasteiger partial charge in [-0.15, -0.1) is 0 Å². The van der Waals surface area contributed by atoms with Gasteiger partial charge in [0, 0.05) is 5.69 Å². The summed E-state index contributed by atoms with van der Waals surface area (Å²) in [6, 6.07) is 5.60. The maximum atomic E-state index is 11.5. The Kier molecular flexibility index (Phi) is 2.19. The quantitative estimate of drug-likeness (QED) is 0.677. The van der Waals surface area contributed by atoms with E-state index in [0.29, 0.717) is 0 Å². The van der Waals surface area contributed by atoms with Gasteiger partial charge < -0.3 is 10.4 Å². The van der Waals surface area contributed by atoms with E-state index in [1.807, 2.05) is 25.1 Å². The van der Waals surface area contributed by atoms with E-state index in [1.165, 1.54) is 0 Å². The van der Waals surface area contributed by atoms with Crippen molar-refractivity contribution < 1.29 is 14.7 Å². The van der Waals surface area contributed by atoms with Crippen molar-refractivity contribution in [2.24, 2.45) is 5.92 Å². The van der Waals surface area contributed by atoms with Crippen molar-refractivity contribution in [2.75, 3.05) is 5.32 Å². The molecule has 2 rings (SSSR count). The fourth-order valence-electron chi connectivity index (χ4n) is 1.80. The molecule has 0 saturated carbocycles. The van der Waals surface area contributed by atoms with Crippen molar-refractivity contribution in [3.05, 3.63) is 29.3 Å². The zero-order chi connectivity index (χ0) is 11.0. The van der Waals surface area contributed by atoms with E-state index < -0.39 is 17.8 Å². The van der Waals surface area contributed by atoms with Gasteiger partial charge in [0.25, 0.3) is 0 Å². The van der Waals surface area contributed by atoms with Crippen LogP contribution in [0.1, 0.15) is 11.1 Å². The van der Waals surface area contributed by atoms with Crippen LogP contribution in [0.4, 0.5) is 5.69 Å². The van der Waals surface area contributed by atoms with Crippen molar-refractivity contribution in [1.29, 1.82) is 0 Å². The Morgan fingerprint density at radius 2 is 2.27 bits per heavy atom. The second-order valence-electron chi connectivity index (χ2n) is 3.69. The third-order valence-electron chi connectivity index (χ3n) is 2.65. The third-order valence-corrected chi connectivity index (χ3v) is 2.65. The van der Waals surface area contributed by atoms with Crippen LogP contribution in [-0.2, 0) is 16.0 Å². The number of para-hydroxylation sites is 1. The Balaban J connectivity index is 2.42. The molecule has 1 aliphatic heterocycles. The highest BCUT2D eigenvalue weighted by atomic mass is 16.4. The van der Waals surface area contributed by atoms with Crippen molar-refractivity contribution in [3.63, 3.8) is 0 Å². The number of carbonyl (C=O) groups is 2. The minimum Gasteiger partial charge on any atom is -0.481 e. The highest BCUT2D eigenvalue weighted by Crippen LogP contribution is 2.28. The monoisotopic (exact) mass is 205 g/mol. The highest BCUT2D eigenvalue weighted by molar-refractivity contribution is 6.07. The van der Waals surface area contributed by atoms with Gasteiger partial charge in [0.05, 0.1) is 0 Å². The number of hydrogen-bond acceptors (Lipinski definition) is 2. The van der Waals surface area contributed by atoms with Gasteiger partial charge in [0.2, 0.25) is 5.91 Å². The lowest BCUT2D eigenvalue weighted by Crippen LogP contribution is -2.35. The van der Waals surface area contributed by atoms with Crippen LogP contribution in [0.15, 0.2) is 18.2 Å². The molecule has 0 radical (unpaired) electrons. The van der Waals surface area contributed by atoms with Crippen LogP contribution < -0.4 is 5.32 Å². The Morgan fingerprint density at radius 1 is 1.53 bits per heavy atom. The number of rotatable bonds is 1. The highest BCUT2D eigenvalue weighted by Gasteiger charge is 2.32. The minimum absolute atomic E-state index is 0.276. The molecule has 1 aromatic rings. The van der Waals surface area contributed by atoms with E-state index in [0.717, 1.165) is 16.8 Å². The number of aryl methyl sites for hydroxylation is 1. The molecule has 4 heteroatoms. The largest absolute Gasteiger partial charge is 0.481 e. The molecule has 15 heavy (non-hydrogen) atoms. The molecule has 0 aliphatic carbocycles. The lowest BCUT2D eigenvalue weighted by atomic mass is 9.92. The molecule has 0 fully saturated rings. The van der Waals surface area contributed by atoms with Crippen molar-refractivity contribution >= 4 is 17.6 Å². The number of amides is 1. The fourth-order valence-corrected chi connectivity index (χ4v) is 1.80. The molecule has 2 N–H and O–H groups in total. The maximum absolute atomic E-state index is 11.5. The molecule has 4 nitrogen and oxygen atoms in total. The normalized spacial score (nSPS) is 19.3. The molecule has 1 amide bonds. The summed E-state index contributed by atoms with van der Waals surface area (Å²) in [6.45, 7) is 1.89. The number of carbonyl (C=O) groups excluding carboxylic acids is 1. The number of anilines is 1. The van der Waals surface area contributed by atoms with Gasteiger partial charge in [-0.1, -0.05) is 18.2 Å². The number of carboxylic acids is 1. The van der Waals surface area contributed by atoms with Crippen LogP contribution in [0.2, 0.25) is 0 Å². The molecule has 0 bridgehead atoms. The summed E-state index contributed by atoms with van der Waals surface area (Å²) in [5.74, 6) is -2.46. The predicted molar refractivity (Wildman–Crippen MR) is 54.6 cm³/mol. The van der Waals surface area contributed by atoms with Gasteiger partial charge >= 0.3 is 5.97 Å². The van der Waals surface area contributed by atoms with Gasteiger partial charge in [0.1, 0.15) is 5.92 Å². The molecule has 0 saturated heterocycles. The number of aliphatic carboxylic acids is 1. The first-order valence-electron chi connectivity index (χ1n) is 4.72. The summed E-state index contributed by atoms with van der Waals surface area (Å²) >= 11 is 0. The van der Waals surface area contributed by atoms with E-state index in [-0.39, 0.29) is 6.42 Å². The van der Waals surface area contributed by atoms with E-state index in [1.54, 1.807) is 0 Å². The second kappa shape index (κ2) is 3.38. The Hall–Kier alpha value is -1.84. The topological polar surface area (TPSA) is 66.4 Å². The van der Waals surface area contributed by atoms with Gasteiger partial charge in [-0.25, -0.2) is 0 Å². The van der Waals surface area contributed by atoms with E-state index in [2.05, 4.69) is 5.32 Å². The van der Waals surface area contributed by atoms with Crippen LogP contribution in [0.25, 0.3) is 0 Å².